The summed E-state index contributed by atoms with van der Waals surface area (Å²) in [6.45, 7) is 6.36. The fourth-order valence-corrected chi connectivity index (χ4v) is 8.76. The Balaban J connectivity index is 4.32. The number of hydrogen-bond acceptors (Lipinski definition) is 6. The lowest BCUT2D eigenvalue weighted by Crippen LogP contribution is -2.30. The molecular weight excluding hydrogens is 1020 g/mol. The average molecular weight is 1140 g/mol. The Labute approximate surface area is 511 Å². The van der Waals surface area contributed by atoms with Gasteiger partial charge in [0.15, 0.2) is 6.10 Å². The van der Waals surface area contributed by atoms with Crippen molar-refractivity contribution in [1.29, 1.82) is 0 Å². The van der Waals surface area contributed by atoms with Crippen molar-refractivity contribution in [3.05, 3.63) is 170 Å². The molecule has 0 bridgehead atoms. The van der Waals surface area contributed by atoms with E-state index in [4.69, 9.17) is 14.2 Å². The van der Waals surface area contributed by atoms with Gasteiger partial charge in [-0.15, -0.1) is 0 Å². The maximum absolute atomic E-state index is 12.9. The first-order chi connectivity index (χ1) is 41.0. The van der Waals surface area contributed by atoms with E-state index in [-0.39, 0.29) is 31.1 Å². The molecule has 0 aromatic rings. The van der Waals surface area contributed by atoms with Crippen molar-refractivity contribution < 1.29 is 28.6 Å². The number of hydrogen-bond donors (Lipinski definition) is 0. The molecule has 0 aliphatic carbocycles. The molecule has 466 valence electrons. The van der Waals surface area contributed by atoms with E-state index in [9.17, 15) is 14.4 Å². The zero-order chi connectivity index (χ0) is 59.9. The van der Waals surface area contributed by atoms with Crippen molar-refractivity contribution >= 4 is 17.9 Å². The minimum Gasteiger partial charge on any atom is -0.462 e. The molecule has 0 radical (unpaired) electrons. The lowest BCUT2D eigenvalue weighted by atomic mass is 10.1. The highest BCUT2D eigenvalue weighted by Gasteiger charge is 2.19. The van der Waals surface area contributed by atoms with Gasteiger partial charge in [0.25, 0.3) is 0 Å². The maximum atomic E-state index is 12.9. The van der Waals surface area contributed by atoms with E-state index in [0.717, 1.165) is 173 Å². The van der Waals surface area contributed by atoms with Gasteiger partial charge in [0.2, 0.25) is 0 Å². The van der Waals surface area contributed by atoms with Crippen molar-refractivity contribution in [3.63, 3.8) is 0 Å². The highest BCUT2D eigenvalue weighted by molar-refractivity contribution is 5.71. The summed E-state index contributed by atoms with van der Waals surface area (Å²) in [4.78, 5) is 38.3. The number of ether oxygens (including phenoxy) is 3. The number of unbranched alkanes of at least 4 members (excludes halogenated alkanes) is 20. The number of rotatable bonds is 59. The third-order valence-corrected chi connectivity index (χ3v) is 13.7. The van der Waals surface area contributed by atoms with E-state index in [2.05, 4.69) is 191 Å². The Kier molecular flexibility index (Phi) is 64.9. The summed E-state index contributed by atoms with van der Waals surface area (Å²) in [5.41, 5.74) is 0. The molecule has 0 aliphatic rings. The minimum absolute atomic E-state index is 0.0951. The van der Waals surface area contributed by atoms with Crippen molar-refractivity contribution in [3.8, 4) is 0 Å². The molecule has 83 heavy (non-hydrogen) atoms. The van der Waals surface area contributed by atoms with Crippen LogP contribution >= 0.6 is 0 Å². The number of carbonyl (C=O) groups is 3. The first-order valence-electron chi connectivity index (χ1n) is 33.6. The summed E-state index contributed by atoms with van der Waals surface area (Å²) < 4.78 is 16.9. The largest absolute Gasteiger partial charge is 0.462 e. The highest BCUT2D eigenvalue weighted by Crippen LogP contribution is 2.15. The molecule has 0 amide bonds. The summed E-state index contributed by atoms with van der Waals surface area (Å²) in [5, 5.41) is 0. The standard InChI is InChI=1S/C77H122O6/c1-4-7-10-13-16-19-21-23-25-27-29-31-33-35-37-38-40-41-43-45-47-49-51-53-55-58-61-64-67-70-76(79)82-73-74(72-81-75(78)69-66-63-60-57-18-15-12-9-6-3)83-77(80)71-68-65-62-59-56-54-52-50-48-46-44-42-39-36-34-32-30-28-26-24-22-20-17-14-11-8-5-2/h7-8,10-11,16-17,19-20,23-26,29-32,35-37,39-41,44-47,50,52,74H,4-6,9,12-15,18,21-22,27-28,33-34,38,42-43,48-49,51,53-73H2,1-3H3/b10-7-,11-8-,19-16-,20-17-,25-23-,26-24-,31-29-,32-30-,37-35-,39-36-,41-40-,46-44-,47-45-,52-50-. The fourth-order valence-electron chi connectivity index (χ4n) is 8.76. The van der Waals surface area contributed by atoms with Crippen molar-refractivity contribution in [1.82, 2.24) is 0 Å². The van der Waals surface area contributed by atoms with Crippen molar-refractivity contribution in [2.45, 2.75) is 284 Å². The zero-order valence-electron chi connectivity index (χ0n) is 53.4. The van der Waals surface area contributed by atoms with E-state index in [0.29, 0.717) is 19.3 Å². The molecule has 1 atom stereocenters. The van der Waals surface area contributed by atoms with Crippen LogP contribution in [0.4, 0.5) is 0 Å². The van der Waals surface area contributed by atoms with Crippen molar-refractivity contribution in [2.75, 3.05) is 13.2 Å². The normalized spacial score (nSPS) is 13.2. The molecule has 0 N–H and O–H groups in total. The van der Waals surface area contributed by atoms with Gasteiger partial charge < -0.3 is 14.2 Å². The van der Waals surface area contributed by atoms with Crippen LogP contribution in [0.15, 0.2) is 170 Å². The summed E-state index contributed by atoms with van der Waals surface area (Å²) in [7, 11) is 0. The third-order valence-electron chi connectivity index (χ3n) is 13.7. The Hall–Kier alpha value is -5.23. The smallest absolute Gasteiger partial charge is 0.306 e. The van der Waals surface area contributed by atoms with E-state index in [1.165, 1.54) is 64.2 Å². The molecule has 0 saturated carbocycles. The topological polar surface area (TPSA) is 78.9 Å². The molecule has 0 aromatic heterocycles. The molecule has 0 aliphatic heterocycles. The number of esters is 3. The van der Waals surface area contributed by atoms with Crippen LogP contribution in [0.2, 0.25) is 0 Å². The Morgan fingerprint density at radius 2 is 0.470 bits per heavy atom. The van der Waals surface area contributed by atoms with Crippen LogP contribution in [-0.2, 0) is 28.6 Å². The molecule has 0 heterocycles. The van der Waals surface area contributed by atoms with E-state index >= 15 is 0 Å². The molecular formula is C77H122O6. The number of carbonyl (C=O) groups excluding carboxylic acids is 3. The van der Waals surface area contributed by atoms with E-state index < -0.39 is 6.10 Å². The van der Waals surface area contributed by atoms with Crippen LogP contribution in [0.3, 0.4) is 0 Å². The molecule has 0 spiro atoms. The van der Waals surface area contributed by atoms with Gasteiger partial charge in [0.05, 0.1) is 0 Å². The zero-order valence-corrected chi connectivity index (χ0v) is 53.4. The highest BCUT2D eigenvalue weighted by atomic mass is 16.6. The van der Waals surface area contributed by atoms with E-state index in [1.807, 2.05) is 0 Å². The monoisotopic (exact) mass is 1140 g/mol. The quantitative estimate of drug-likeness (QED) is 0.0261. The fraction of sp³-hybridized carbons (Fsp3) is 0.597. The maximum Gasteiger partial charge on any atom is 0.306 e. The van der Waals surface area contributed by atoms with Crippen LogP contribution < -0.4 is 0 Å². The SMILES string of the molecule is CC/C=C\C/C=C\C/C=C\C/C=C\C/C=C\C/C=C\C/C=C\CCCCCCCCCC(=O)OCC(COC(=O)CCCCCCCCCCC)OC(=O)CCCCCCC/C=C\C/C=C\C/C=C\C/C=C\C/C=C\C/C=C\C/C=C\CC. The van der Waals surface area contributed by atoms with Crippen LogP contribution in [0.5, 0.6) is 0 Å². The summed E-state index contributed by atoms with van der Waals surface area (Å²) in [5.74, 6) is -0.932. The second kappa shape index (κ2) is 69.3. The van der Waals surface area contributed by atoms with Gasteiger partial charge in [-0.05, 0) is 135 Å². The second-order valence-corrected chi connectivity index (χ2v) is 21.6. The van der Waals surface area contributed by atoms with E-state index in [1.54, 1.807) is 0 Å². The van der Waals surface area contributed by atoms with Gasteiger partial charge in [0, 0.05) is 19.3 Å². The van der Waals surface area contributed by atoms with Gasteiger partial charge in [-0.3, -0.25) is 14.4 Å². The molecule has 0 fully saturated rings. The van der Waals surface area contributed by atoms with Gasteiger partial charge in [-0.2, -0.15) is 0 Å². The van der Waals surface area contributed by atoms with Crippen LogP contribution in [0, 0.1) is 0 Å². The van der Waals surface area contributed by atoms with Gasteiger partial charge in [0.1, 0.15) is 13.2 Å². The molecule has 6 heteroatoms. The Bertz CT molecular complexity index is 1890. The van der Waals surface area contributed by atoms with Gasteiger partial charge >= 0.3 is 17.9 Å². The first-order valence-corrected chi connectivity index (χ1v) is 33.6. The minimum atomic E-state index is -0.801. The molecule has 0 rings (SSSR count). The Morgan fingerprint density at radius 3 is 0.735 bits per heavy atom. The predicted molar refractivity (Wildman–Crippen MR) is 361 cm³/mol. The van der Waals surface area contributed by atoms with Gasteiger partial charge in [-0.25, -0.2) is 0 Å². The Morgan fingerprint density at radius 1 is 0.253 bits per heavy atom. The van der Waals surface area contributed by atoms with Crippen LogP contribution in [0.1, 0.15) is 278 Å². The average Bonchev–Trinajstić information content (AvgIpc) is 3.49. The van der Waals surface area contributed by atoms with Crippen LogP contribution in [-0.4, -0.2) is 37.2 Å². The third kappa shape index (κ3) is 67.4. The lowest BCUT2D eigenvalue weighted by molar-refractivity contribution is -0.167. The summed E-state index contributed by atoms with van der Waals surface area (Å²) in [6.07, 6.45) is 102. The lowest BCUT2D eigenvalue weighted by Gasteiger charge is -2.18. The molecule has 0 aromatic carbocycles. The summed E-state index contributed by atoms with van der Waals surface area (Å²) in [6, 6.07) is 0. The molecule has 6 nitrogen and oxygen atoms in total. The first kappa shape index (κ1) is 77.8. The molecule has 0 saturated heterocycles. The number of allylic oxidation sites excluding steroid dienone is 28. The molecule has 1 unspecified atom stereocenters. The summed E-state index contributed by atoms with van der Waals surface area (Å²) >= 11 is 0. The second-order valence-electron chi connectivity index (χ2n) is 21.6. The van der Waals surface area contributed by atoms with Gasteiger partial charge in [-0.1, -0.05) is 294 Å². The van der Waals surface area contributed by atoms with Crippen molar-refractivity contribution in [2.24, 2.45) is 0 Å². The predicted octanol–water partition coefficient (Wildman–Crippen LogP) is 23.4. The van der Waals surface area contributed by atoms with Crippen LogP contribution in [0.25, 0.3) is 0 Å².